The summed E-state index contributed by atoms with van der Waals surface area (Å²) >= 11 is 0. The minimum Gasteiger partial charge on any atom is -0.309 e. The van der Waals surface area contributed by atoms with E-state index in [0.717, 1.165) is 25.0 Å². The summed E-state index contributed by atoms with van der Waals surface area (Å²) in [7, 11) is 0. The van der Waals surface area contributed by atoms with Gasteiger partial charge >= 0.3 is 0 Å². The summed E-state index contributed by atoms with van der Waals surface area (Å²) in [5.41, 5.74) is 1.42. The normalized spacial score (nSPS) is 17.1. The molecule has 1 unspecified atom stereocenters. The third-order valence-electron chi connectivity index (χ3n) is 3.73. The van der Waals surface area contributed by atoms with Gasteiger partial charge in [-0.2, -0.15) is 0 Å². The average Bonchev–Trinajstić information content (AvgIpc) is 3.22. The molecule has 0 bridgehead atoms. The SMILES string of the molecule is CCNC(CN(CC(C)C)C1CC1)c1ccccc1. The van der Waals surface area contributed by atoms with Crippen molar-refractivity contribution in [2.24, 2.45) is 5.92 Å². The molecule has 1 aliphatic carbocycles. The second-order valence-electron chi connectivity index (χ2n) is 6.10. The van der Waals surface area contributed by atoms with Crippen LogP contribution in [0.1, 0.15) is 45.2 Å². The Morgan fingerprint density at radius 3 is 2.37 bits per heavy atom. The maximum atomic E-state index is 3.64. The smallest absolute Gasteiger partial charge is 0.0449 e. The first kappa shape index (κ1) is 14.5. The summed E-state index contributed by atoms with van der Waals surface area (Å²) in [5, 5.41) is 3.64. The predicted molar refractivity (Wildman–Crippen MR) is 82.3 cm³/mol. The molecule has 106 valence electrons. The minimum absolute atomic E-state index is 0.463. The molecule has 0 aromatic heterocycles. The first-order valence-corrected chi connectivity index (χ1v) is 7.73. The molecule has 0 spiro atoms. The lowest BCUT2D eigenvalue weighted by molar-refractivity contribution is 0.210. The quantitative estimate of drug-likeness (QED) is 0.770. The van der Waals surface area contributed by atoms with Crippen LogP contribution >= 0.6 is 0 Å². The molecule has 19 heavy (non-hydrogen) atoms. The second kappa shape index (κ2) is 7.06. The number of rotatable bonds is 8. The highest BCUT2D eigenvalue weighted by Gasteiger charge is 2.30. The summed E-state index contributed by atoms with van der Waals surface area (Å²) in [6.07, 6.45) is 2.78. The molecular weight excluding hydrogens is 232 g/mol. The van der Waals surface area contributed by atoms with E-state index in [9.17, 15) is 0 Å². The van der Waals surface area contributed by atoms with Gasteiger partial charge in [0.25, 0.3) is 0 Å². The van der Waals surface area contributed by atoms with E-state index in [1.165, 1.54) is 24.9 Å². The van der Waals surface area contributed by atoms with Crippen LogP contribution in [-0.2, 0) is 0 Å². The van der Waals surface area contributed by atoms with Crippen LogP contribution < -0.4 is 5.32 Å². The van der Waals surface area contributed by atoms with Crippen LogP contribution in [0.2, 0.25) is 0 Å². The molecule has 1 N–H and O–H groups in total. The first-order valence-electron chi connectivity index (χ1n) is 7.73. The standard InChI is InChI=1S/C17H28N2/c1-4-18-17(15-8-6-5-7-9-15)13-19(12-14(2)3)16-10-11-16/h5-9,14,16-18H,4,10-13H2,1-3H3. The van der Waals surface area contributed by atoms with Crippen molar-refractivity contribution in [1.29, 1.82) is 0 Å². The van der Waals surface area contributed by atoms with E-state index in [4.69, 9.17) is 0 Å². The van der Waals surface area contributed by atoms with Gasteiger partial charge in [0.15, 0.2) is 0 Å². The highest BCUT2D eigenvalue weighted by atomic mass is 15.2. The molecule has 2 rings (SSSR count). The Kier molecular flexibility index (Phi) is 5.41. The number of likely N-dealkylation sites (N-methyl/N-ethyl adjacent to an activating group) is 1. The summed E-state index contributed by atoms with van der Waals surface area (Å²) in [5.74, 6) is 0.749. The minimum atomic E-state index is 0.463. The predicted octanol–water partition coefficient (Wildman–Crippen LogP) is 3.46. The van der Waals surface area contributed by atoms with E-state index in [2.05, 4.69) is 61.3 Å². The average molecular weight is 260 g/mol. The molecule has 1 atom stereocenters. The zero-order chi connectivity index (χ0) is 13.7. The van der Waals surface area contributed by atoms with Gasteiger partial charge in [-0.15, -0.1) is 0 Å². The molecule has 0 heterocycles. The van der Waals surface area contributed by atoms with Crippen molar-refractivity contribution in [2.75, 3.05) is 19.6 Å². The lowest BCUT2D eigenvalue weighted by Crippen LogP contribution is -2.38. The number of benzene rings is 1. The lowest BCUT2D eigenvalue weighted by atomic mass is 10.1. The van der Waals surface area contributed by atoms with Crippen LogP contribution in [0, 0.1) is 5.92 Å². The van der Waals surface area contributed by atoms with Crippen molar-refractivity contribution < 1.29 is 0 Å². The second-order valence-corrected chi connectivity index (χ2v) is 6.10. The fraction of sp³-hybridized carbons (Fsp3) is 0.647. The van der Waals surface area contributed by atoms with Gasteiger partial charge in [0, 0.05) is 25.2 Å². The summed E-state index contributed by atoms with van der Waals surface area (Å²) < 4.78 is 0. The zero-order valence-corrected chi connectivity index (χ0v) is 12.6. The van der Waals surface area contributed by atoms with Crippen molar-refractivity contribution in [1.82, 2.24) is 10.2 Å². The highest BCUT2D eigenvalue weighted by molar-refractivity contribution is 5.19. The van der Waals surface area contributed by atoms with Crippen LogP contribution in [0.15, 0.2) is 30.3 Å². The maximum absolute atomic E-state index is 3.64. The topological polar surface area (TPSA) is 15.3 Å². The summed E-state index contributed by atoms with van der Waals surface area (Å²) in [4.78, 5) is 2.69. The third-order valence-corrected chi connectivity index (χ3v) is 3.73. The van der Waals surface area contributed by atoms with Gasteiger partial charge in [0.05, 0.1) is 0 Å². The highest BCUT2D eigenvalue weighted by Crippen LogP contribution is 2.29. The number of hydrogen-bond donors (Lipinski definition) is 1. The van der Waals surface area contributed by atoms with Crippen molar-refractivity contribution in [3.8, 4) is 0 Å². The fourth-order valence-electron chi connectivity index (χ4n) is 2.74. The van der Waals surface area contributed by atoms with Gasteiger partial charge in [-0.3, -0.25) is 4.90 Å². The maximum Gasteiger partial charge on any atom is 0.0449 e. The number of nitrogens with zero attached hydrogens (tertiary/aromatic N) is 1. The van der Waals surface area contributed by atoms with Crippen LogP contribution in [0.4, 0.5) is 0 Å². The Labute approximate surface area is 118 Å². The Morgan fingerprint density at radius 2 is 1.84 bits per heavy atom. The van der Waals surface area contributed by atoms with E-state index in [1.807, 2.05) is 0 Å². The Hall–Kier alpha value is -0.860. The molecule has 1 aromatic rings. The van der Waals surface area contributed by atoms with Crippen LogP contribution in [-0.4, -0.2) is 30.6 Å². The van der Waals surface area contributed by atoms with E-state index in [-0.39, 0.29) is 0 Å². The first-order chi connectivity index (χ1) is 9.20. The van der Waals surface area contributed by atoms with Gasteiger partial charge in [0.1, 0.15) is 0 Å². The molecule has 0 radical (unpaired) electrons. The van der Waals surface area contributed by atoms with E-state index < -0.39 is 0 Å². The molecule has 0 aliphatic heterocycles. The number of nitrogens with one attached hydrogen (secondary N) is 1. The molecule has 0 amide bonds. The fourth-order valence-corrected chi connectivity index (χ4v) is 2.74. The van der Waals surface area contributed by atoms with Crippen LogP contribution in [0.25, 0.3) is 0 Å². The lowest BCUT2D eigenvalue weighted by Gasteiger charge is -2.29. The molecule has 1 aromatic carbocycles. The van der Waals surface area contributed by atoms with Gasteiger partial charge in [0.2, 0.25) is 0 Å². The summed E-state index contributed by atoms with van der Waals surface area (Å²) in [6.45, 7) is 10.2. The van der Waals surface area contributed by atoms with Crippen molar-refractivity contribution in [3.63, 3.8) is 0 Å². The van der Waals surface area contributed by atoms with Crippen LogP contribution in [0.3, 0.4) is 0 Å². The molecule has 2 heteroatoms. The molecule has 1 saturated carbocycles. The molecule has 1 aliphatic rings. The van der Waals surface area contributed by atoms with Crippen molar-refractivity contribution >= 4 is 0 Å². The Balaban J connectivity index is 2.02. The molecule has 2 nitrogen and oxygen atoms in total. The zero-order valence-electron chi connectivity index (χ0n) is 12.6. The largest absolute Gasteiger partial charge is 0.309 e. The van der Waals surface area contributed by atoms with Gasteiger partial charge in [-0.1, -0.05) is 51.1 Å². The Bertz CT molecular complexity index is 357. The van der Waals surface area contributed by atoms with E-state index in [0.29, 0.717) is 6.04 Å². The molecular formula is C17H28N2. The number of hydrogen-bond acceptors (Lipinski definition) is 2. The van der Waals surface area contributed by atoms with Crippen LogP contribution in [0.5, 0.6) is 0 Å². The van der Waals surface area contributed by atoms with Gasteiger partial charge < -0.3 is 5.32 Å². The van der Waals surface area contributed by atoms with E-state index >= 15 is 0 Å². The molecule has 0 saturated heterocycles. The van der Waals surface area contributed by atoms with Gasteiger partial charge in [-0.05, 0) is 30.9 Å². The van der Waals surface area contributed by atoms with Gasteiger partial charge in [-0.25, -0.2) is 0 Å². The summed E-state index contributed by atoms with van der Waals surface area (Å²) in [6, 6.07) is 12.2. The molecule has 1 fully saturated rings. The Morgan fingerprint density at radius 1 is 1.16 bits per heavy atom. The van der Waals surface area contributed by atoms with Crippen molar-refractivity contribution in [2.45, 2.75) is 45.7 Å². The van der Waals surface area contributed by atoms with E-state index in [1.54, 1.807) is 0 Å². The third kappa shape index (κ3) is 4.63. The van der Waals surface area contributed by atoms with Crippen molar-refractivity contribution in [3.05, 3.63) is 35.9 Å². The monoisotopic (exact) mass is 260 g/mol.